The maximum absolute atomic E-state index is 2.45. The zero-order valence-corrected chi connectivity index (χ0v) is 23.5. The van der Waals surface area contributed by atoms with Crippen LogP contribution in [0.5, 0.6) is 0 Å². The largest absolute Gasteiger partial charge is 0.309 e. The lowest BCUT2D eigenvalue weighted by Gasteiger charge is -2.12. The van der Waals surface area contributed by atoms with Crippen LogP contribution in [0.25, 0.3) is 91.8 Å². The number of nitrogens with zero attached hydrogens (tertiary/aromatic N) is 1. The number of hydrogen-bond acceptors (Lipinski definition) is 1. The van der Waals surface area contributed by atoms with Gasteiger partial charge >= 0.3 is 0 Å². The Labute approximate surface area is 246 Å². The Hall–Kier alpha value is -5.18. The Balaban J connectivity index is 1.20. The third-order valence-corrected chi connectivity index (χ3v) is 10.3. The van der Waals surface area contributed by atoms with Crippen molar-refractivity contribution >= 4 is 64.1 Å². The summed E-state index contributed by atoms with van der Waals surface area (Å²) in [6.07, 6.45) is 0. The first-order valence-corrected chi connectivity index (χ1v) is 15.3. The van der Waals surface area contributed by atoms with Gasteiger partial charge in [0.05, 0.1) is 11.0 Å². The molecule has 1 aliphatic carbocycles. The highest BCUT2D eigenvalue weighted by molar-refractivity contribution is 7.26. The third-order valence-electron chi connectivity index (χ3n) is 9.12. The molecule has 7 aromatic carbocycles. The Morgan fingerprint density at radius 3 is 2.07 bits per heavy atom. The Bertz CT molecular complexity index is 2570. The van der Waals surface area contributed by atoms with E-state index in [9.17, 15) is 0 Å². The maximum atomic E-state index is 2.45. The summed E-state index contributed by atoms with van der Waals surface area (Å²) in [7, 11) is 0. The van der Waals surface area contributed by atoms with Crippen LogP contribution in [0, 0.1) is 0 Å². The second-order valence-corrected chi connectivity index (χ2v) is 12.4. The van der Waals surface area contributed by atoms with Crippen LogP contribution in [0.4, 0.5) is 0 Å². The molecule has 0 radical (unpaired) electrons. The van der Waals surface area contributed by atoms with E-state index in [0.29, 0.717) is 0 Å². The number of thiophene rings is 1. The van der Waals surface area contributed by atoms with Crippen molar-refractivity contribution in [1.82, 2.24) is 4.57 Å². The van der Waals surface area contributed by atoms with Crippen LogP contribution in [-0.4, -0.2) is 4.57 Å². The molecule has 9 aromatic rings. The highest BCUT2D eigenvalue weighted by Gasteiger charge is 2.22. The molecule has 0 saturated heterocycles. The van der Waals surface area contributed by atoms with Crippen molar-refractivity contribution in [3.05, 3.63) is 140 Å². The summed E-state index contributed by atoms with van der Waals surface area (Å²) in [6.45, 7) is 0. The lowest BCUT2D eigenvalue weighted by molar-refractivity contribution is 1.18. The average Bonchev–Trinajstić information content (AvgIpc) is 3.70. The molecular weight excluding hydrogens is 527 g/mol. The van der Waals surface area contributed by atoms with Crippen LogP contribution in [-0.2, 0) is 0 Å². The van der Waals surface area contributed by atoms with Crippen molar-refractivity contribution < 1.29 is 0 Å². The number of benzene rings is 7. The monoisotopic (exact) mass is 549 g/mol. The molecule has 0 atom stereocenters. The summed E-state index contributed by atoms with van der Waals surface area (Å²) < 4.78 is 5.13. The average molecular weight is 550 g/mol. The van der Waals surface area contributed by atoms with E-state index in [-0.39, 0.29) is 0 Å². The second kappa shape index (κ2) is 8.19. The van der Waals surface area contributed by atoms with Gasteiger partial charge in [0.1, 0.15) is 0 Å². The zero-order chi connectivity index (χ0) is 27.4. The molecule has 42 heavy (non-hydrogen) atoms. The molecule has 2 heteroatoms. The quantitative estimate of drug-likeness (QED) is 0.202. The summed E-state index contributed by atoms with van der Waals surface area (Å²) in [5.74, 6) is 0. The topological polar surface area (TPSA) is 4.93 Å². The molecule has 10 rings (SSSR count). The van der Waals surface area contributed by atoms with Gasteiger partial charge in [-0.2, -0.15) is 0 Å². The minimum absolute atomic E-state index is 1.18. The van der Waals surface area contributed by atoms with E-state index in [1.807, 2.05) is 11.3 Å². The van der Waals surface area contributed by atoms with Gasteiger partial charge in [-0.05, 0) is 86.6 Å². The fourth-order valence-corrected chi connectivity index (χ4v) is 8.46. The molecular formula is C40H23NS. The van der Waals surface area contributed by atoms with Gasteiger partial charge in [0.15, 0.2) is 0 Å². The molecule has 2 aromatic heterocycles. The molecule has 0 aliphatic heterocycles. The molecule has 194 valence electrons. The number of rotatable bonds is 2. The highest BCUT2D eigenvalue weighted by atomic mass is 32.1. The Morgan fingerprint density at radius 1 is 0.405 bits per heavy atom. The van der Waals surface area contributed by atoms with Crippen molar-refractivity contribution in [2.75, 3.05) is 0 Å². The standard InChI is InChI=1S/C40H23NS/c1-3-16-34-31(12-1)39-35(20-21-37-40(39)32-13-2-4-17-36(32)42-37)41(34)27-11-5-10-25(22-27)26-18-19-28-29-14-6-8-24-9-7-15-30(38(24)29)33(28)23-26/h1-23H. The van der Waals surface area contributed by atoms with Crippen molar-refractivity contribution in [2.24, 2.45) is 0 Å². The molecule has 0 saturated carbocycles. The molecule has 0 bridgehead atoms. The summed E-state index contributed by atoms with van der Waals surface area (Å²) in [4.78, 5) is 0. The molecule has 1 aliphatic rings. The minimum atomic E-state index is 1.18. The number of hydrogen-bond donors (Lipinski definition) is 0. The predicted molar refractivity (Wildman–Crippen MR) is 181 cm³/mol. The fourth-order valence-electron chi connectivity index (χ4n) is 7.35. The summed E-state index contributed by atoms with van der Waals surface area (Å²) in [5.41, 5.74) is 11.5. The molecule has 0 unspecified atom stereocenters. The predicted octanol–water partition coefficient (Wildman–Crippen LogP) is 11.6. The van der Waals surface area contributed by atoms with E-state index < -0.39 is 0 Å². The van der Waals surface area contributed by atoms with Crippen LogP contribution in [0.15, 0.2) is 140 Å². The number of fused-ring (bicyclic) bond motifs is 10. The van der Waals surface area contributed by atoms with Crippen molar-refractivity contribution in [3.8, 4) is 39.1 Å². The van der Waals surface area contributed by atoms with Crippen LogP contribution in [0.2, 0.25) is 0 Å². The van der Waals surface area contributed by atoms with Crippen LogP contribution < -0.4 is 0 Å². The van der Waals surface area contributed by atoms with E-state index in [1.165, 1.54) is 91.8 Å². The van der Waals surface area contributed by atoms with E-state index >= 15 is 0 Å². The zero-order valence-electron chi connectivity index (χ0n) is 22.6. The van der Waals surface area contributed by atoms with E-state index in [1.54, 1.807) is 0 Å². The molecule has 1 nitrogen and oxygen atoms in total. The molecule has 0 amide bonds. The molecule has 0 spiro atoms. The van der Waals surface area contributed by atoms with Crippen LogP contribution in [0.3, 0.4) is 0 Å². The number of para-hydroxylation sites is 1. The smallest absolute Gasteiger partial charge is 0.0548 e. The first-order valence-electron chi connectivity index (χ1n) is 14.4. The fraction of sp³-hybridized carbons (Fsp3) is 0. The van der Waals surface area contributed by atoms with Crippen LogP contribution in [0.1, 0.15) is 0 Å². The minimum Gasteiger partial charge on any atom is -0.309 e. The third kappa shape index (κ3) is 2.92. The highest BCUT2D eigenvalue weighted by Crippen LogP contribution is 2.48. The van der Waals surface area contributed by atoms with E-state index in [4.69, 9.17) is 0 Å². The van der Waals surface area contributed by atoms with Gasteiger partial charge in [0.25, 0.3) is 0 Å². The van der Waals surface area contributed by atoms with Gasteiger partial charge in [-0.15, -0.1) is 11.3 Å². The Kier molecular flexibility index (Phi) is 4.39. The summed E-state index contributed by atoms with van der Waals surface area (Å²) >= 11 is 1.88. The lowest BCUT2D eigenvalue weighted by atomic mass is 9.97. The van der Waals surface area contributed by atoms with Gasteiger partial charge in [-0.25, -0.2) is 0 Å². The van der Waals surface area contributed by atoms with Crippen molar-refractivity contribution in [1.29, 1.82) is 0 Å². The summed E-state index contributed by atoms with van der Waals surface area (Å²) in [6, 6.07) is 51.6. The van der Waals surface area contributed by atoms with Crippen molar-refractivity contribution in [3.63, 3.8) is 0 Å². The van der Waals surface area contributed by atoms with E-state index in [2.05, 4.69) is 144 Å². The van der Waals surface area contributed by atoms with E-state index in [0.717, 1.165) is 0 Å². The van der Waals surface area contributed by atoms with Gasteiger partial charge in [0, 0.05) is 36.6 Å². The van der Waals surface area contributed by atoms with Crippen LogP contribution >= 0.6 is 11.3 Å². The normalized spacial score (nSPS) is 12.3. The van der Waals surface area contributed by atoms with Gasteiger partial charge in [0.2, 0.25) is 0 Å². The van der Waals surface area contributed by atoms with Crippen molar-refractivity contribution in [2.45, 2.75) is 0 Å². The molecule has 0 N–H and O–H groups in total. The van der Waals surface area contributed by atoms with Gasteiger partial charge in [-0.3, -0.25) is 0 Å². The summed E-state index contributed by atoms with van der Waals surface area (Å²) in [5, 5.41) is 8.03. The second-order valence-electron chi connectivity index (χ2n) is 11.3. The number of aromatic nitrogens is 1. The first kappa shape index (κ1) is 22.5. The molecule has 0 fully saturated rings. The maximum Gasteiger partial charge on any atom is 0.0548 e. The Morgan fingerprint density at radius 2 is 1.17 bits per heavy atom. The lowest BCUT2D eigenvalue weighted by Crippen LogP contribution is -1.94. The SMILES string of the molecule is c1cc(-c2ccc3c(c2)-c2cccc4cccc-3c24)cc(-n2c3ccccc3c3c4c(ccc32)sc2ccccc24)c1. The van der Waals surface area contributed by atoms with Gasteiger partial charge < -0.3 is 4.57 Å². The molecule has 2 heterocycles. The first-order chi connectivity index (χ1) is 20.8. The van der Waals surface area contributed by atoms with Gasteiger partial charge in [-0.1, -0.05) is 97.1 Å².